The van der Waals surface area contributed by atoms with E-state index in [4.69, 9.17) is 0 Å². The minimum Gasteiger partial charge on any atom is -0.479 e. The average Bonchev–Trinajstić information content (AvgIpc) is 2.46. The number of methoxy groups -OCH3 is 1. The molecule has 2 aromatic rings. The van der Waals surface area contributed by atoms with E-state index in [9.17, 15) is 30.7 Å². The Morgan fingerprint density at radius 1 is 0.667 bits per heavy atom. The van der Waals surface area contributed by atoms with Crippen LogP contribution in [0.5, 0.6) is 5.88 Å². The van der Waals surface area contributed by atoms with Gasteiger partial charge in [-0.25, -0.2) is 22.0 Å². The number of rotatable bonds is 2. The first-order valence-corrected chi connectivity index (χ1v) is 5.08. The molecule has 0 saturated carbocycles. The molecule has 0 aliphatic heterocycles. The standard InChI is InChI=1S/C11H3F7N2O/c1-21-10-8(17)9(19-11(18)20-10)2-3(12)5(14)7(16)6(15)4(2)13/h1H3. The number of ether oxygens (including phenoxy) is 1. The van der Waals surface area contributed by atoms with Crippen LogP contribution in [0.15, 0.2) is 0 Å². The molecule has 0 radical (unpaired) electrons. The highest BCUT2D eigenvalue weighted by atomic mass is 19.2. The van der Waals surface area contributed by atoms with Crippen molar-refractivity contribution >= 4 is 0 Å². The van der Waals surface area contributed by atoms with Gasteiger partial charge in [-0.15, -0.1) is 0 Å². The fourth-order valence-corrected chi connectivity index (χ4v) is 1.51. The van der Waals surface area contributed by atoms with Gasteiger partial charge in [-0.2, -0.15) is 18.7 Å². The minimum atomic E-state index is -2.43. The van der Waals surface area contributed by atoms with Crippen LogP contribution < -0.4 is 4.74 Å². The van der Waals surface area contributed by atoms with Crippen molar-refractivity contribution < 1.29 is 35.5 Å². The van der Waals surface area contributed by atoms with E-state index < -0.39 is 58.1 Å². The van der Waals surface area contributed by atoms with Crippen molar-refractivity contribution in [2.75, 3.05) is 7.11 Å². The van der Waals surface area contributed by atoms with Crippen molar-refractivity contribution in [3.63, 3.8) is 0 Å². The van der Waals surface area contributed by atoms with Gasteiger partial charge in [0.1, 0.15) is 5.69 Å². The fraction of sp³-hybridized carbons (Fsp3) is 0.0909. The lowest BCUT2D eigenvalue weighted by atomic mass is 10.1. The second-order valence-electron chi connectivity index (χ2n) is 3.61. The smallest absolute Gasteiger partial charge is 0.312 e. The van der Waals surface area contributed by atoms with E-state index in [2.05, 4.69) is 14.7 Å². The van der Waals surface area contributed by atoms with Crippen LogP contribution in [-0.2, 0) is 0 Å². The van der Waals surface area contributed by atoms with Crippen LogP contribution in [0.1, 0.15) is 0 Å². The topological polar surface area (TPSA) is 35.0 Å². The van der Waals surface area contributed by atoms with Gasteiger partial charge in [-0.05, 0) is 0 Å². The third-order valence-corrected chi connectivity index (χ3v) is 2.43. The molecule has 2 rings (SSSR count). The third kappa shape index (κ3) is 2.26. The highest BCUT2D eigenvalue weighted by Crippen LogP contribution is 2.33. The van der Waals surface area contributed by atoms with Crippen LogP contribution in [0.3, 0.4) is 0 Å². The first-order chi connectivity index (χ1) is 9.79. The van der Waals surface area contributed by atoms with Gasteiger partial charge in [0, 0.05) is 0 Å². The van der Waals surface area contributed by atoms with Gasteiger partial charge in [0.15, 0.2) is 23.3 Å². The van der Waals surface area contributed by atoms with Gasteiger partial charge in [0.05, 0.1) is 12.7 Å². The zero-order valence-electron chi connectivity index (χ0n) is 9.95. The molecule has 0 atom stereocenters. The maximum Gasteiger partial charge on any atom is 0.312 e. The summed E-state index contributed by atoms with van der Waals surface area (Å²) in [4.78, 5) is 5.53. The molecule has 0 saturated heterocycles. The quantitative estimate of drug-likeness (QED) is 0.370. The molecule has 10 heteroatoms. The fourth-order valence-electron chi connectivity index (χ4n) is 1.51. The molecule has 0 N–H and O–H groups in total. The number of nitrogens with zero attached hydrogens (tertiary/aromatic N) is 2. The van der Waals surface area contributed by atoms with Gasteiger partial charge in [-0.3, -0.25) is 0 Å². The Bertz CT molecular complexity index is 706. The Morgan fingerprint density at radius 2 is 1.14 bits per heavy atom. The van der Waals surface area contributed by atoms with E-state index in [1.807, 2.05) is 0 Å². The zero-order valence-corrected chi connectivity index (χ0v) is 9.95. The first-order valence-electron chi connectivity index (χ1n) is 5.08. The summed E-state index contributed by atoms with van der Waals surface area (Å²) in [6.45, 7) is 0. The summed E-state index contributed by atoms with van der Waals surface area (Å²) in [6, 6.07) is 0. The predicted molar refractivity (Wildman–Crippen MR) is 53.7 cm³/mol. The Kier molecular flexibility index (Phi) is 3.71. The number of benzene rings is 1. The van der Waals surface area contributed by atoms with E-state index in [0.717, 1.165) is 7.11 Å². The van der Waals surface area contributed by atoms with E-state index in [0.29, 0.717) is 0 Å². The number of halogens is 7. The zero-order chi connectivity index (χ0) is 15.9. The molecule has 1 aromatic carbocycles. The summed E-state index contributed by atoms with van der Waals surface area (Å²) in [7, 11) is 0.854. The second-order valence-corrected chi connectivity index (χ2v) is 3.61. The molecule has 0 bridgehead atoms. The number of aromatic nitrogens is 2. The van der Waals surface area contributed by atoms with Gasteiger partial charge >= 0.3 is 6.08 Å². The van der Waals surface area contributed by atoms with Crippen LogP contribution in [0.25, 0.3) is 11.3 Å². The highest BCUT2D eigenvalue weighted by Gasteiger charge is 2.30. The van der Waals surface area contributed by atoms with E-state index in [-0.39, 0.29) is 0 Å². The van der Waals surface area contributed by atoms with E-state index in [1.165, 1.54) is 0 Å². The summed E-state index contributed by atoms with van der Waals surface area (Å²) in [5.41, 5.74) is -3.17. The normalized spacial score (nSPS) is 10.9. The molecule has 1 aromatic heterocycles. The third-order valence-electron chi connectivity index (χ3n) is 2.43. The Hall–Kier alpha value is -2.39. The molecule has 0 amide bonds. The lowest BCUT2D eigenvalue weighted by molar-refractivity contribution is 0.351. The minimum absolute atomic E-state index is 0.854. The summed E-state index contributed by atoms with van der Waals surface area (Å²) in [5.74, 6) is -14.5. The molecule has 0 aliphatic carbocycles. The molecule has 0 aliphatic rings. The molecule has 0 spiro atoms. The number of hydrogen-bond acceptors (Lipinski definition) is 3. The molecule has 1 heterocycles. The van der Waals surface area contributed by atoms with Crippen molar-refractivity contribution in [3.05, 3.63) is 41.0 Å². The lowest BCUT2D eigenvalue weighted by Gasteiger charge is -2.10. The average molecular weight is 312 g/mol. The maximum atomic E-state index is 13.8. The van der Waals surface area contributed by atoms with Gasteiger partial charge in [0.25, 0.3) is 5.88 Å². The lowest BCUT2D eigenvalue weighted by Crippen LogP contribution is -2.08. The molecule has 112 valence electrons. The summed E-state index contributed by atoms with van der Waals surface area (Å²) in [6.07, 6.45) is -1.67. The van der Waals surface area contributed by atoms with Gasteiger partial charge in [0.2, 0.25) is 11.6 Å². The van der Waals surface area contributed by atoms with Crippen LogP contribution in [0, 0.1) is 41.0 Å². The van der Waals surface area contributed by atoms with Crippen LogP contribution >= 0.6 is 0 Å². The van der Waals surface area contributed by atoms with Crippen molar-refractivity contribution in [1.82, 2.24) is 9.97 Å². The largest absolute Gasteiger partial charge is 0.479 e. The molecule has 3 nitrogen and oxygen atoms in total. The monoisotopic (exact) mass is 312 g/mol. The van der Waals surface area contributed by atoms with Crippen molar-refractivity contribution in [2.45, 2.75) is 0 Å². The van der Waals surface area contributed by atoms with Crippen molar-refractivity contribution in [2.24, 2.45) is 0 Å². The maximum absolute atomic E-state index is 13.8. The van der Waals surface area contributed by atoms with Gasteiger partial charge < -0.3 is 4.74 Å². The SMILES string of the molecule is COc1nc(F)nc(-c2c(F)c(F)c(F)c(F)c2F)c1F. The Labute approximate surface area is 112 Å². The molecule has 0 fully saturated rings. The predicted octanol–water partition coefficient (Wildman–Crippen LogP) is 3.13. The van der Waals surface area contributed by atoms with Crippen LogP contribution in [0.2, 0.25) is 0 Å². The Morgan fingerprint density at radius 3 is 1.62 bits per heavy atom. The first kappa shape index (κ1) is 15.0. The summed E-state index contributed by atoms with van der Waals surface area (Å²) < 4.78 is 97.1. The Balaban J connectivity index is 2.89. The molecule has 0 unspecified atom stereocenters. The molecular formula is C11H3F7N2O. The van der Waals surface area contributed by atoms with Gasteiger partial charge in [-0.1, -0.05) is 0 Å². The van der Waals surface area contributed by atoms with E-state index >= 15 is 0 Å². The second kappa shape index (κ2) is 5.19. The number of hydrogen-bond donors (Lipinski definition) is 0. The molecule has 21 heavy (non-hydrogen) atoms. The molecular weight excluding hydrogens is 309 g/mol. The summed E-state index contributed by atoms with van der Waals surface area (Å²) in [5, 5.41) is 0. The highest BCUT2D eigenvalue weighted by molar-refractivity contribution is 5.63. The van der Waals surface area contributed by atoms with Crippen molar-refractivity contribution in [1.29, 1.82) is 0 Å². The van der Waals surface area contributed by atoms with Crippen LogP contribution in [0.4, 0.5) is 30.7 Å². The van der Waals surface area contributed by atoms with E-state index in [1.54, 1.807) is 0 Å². The summed E-state index contributed by atoms with van der Waals surface area (Å²) >= 11 is 0. The van der Waals surface area contributed by atoms with Crippen molar-refractivity contribution in [3.8, 4) is 17.1 Å². The van der Waals surface area contributed by atoms with Crippen LogP contribution in [-0.4, -0.2) is 17.1 Å².